The monoisotopic (exact) mass is 338 g/mol. The van der Waals surface area contributed by atoms with Gasteiger partial charge in [-0.25, -0.2) is 4.98 Å². The highest BCUT2D eigenvalue weighted by atomic mass is 32.1. The summed E-state index contributed by atoms with van der Waals surface area (Å²) in [4.78, 5) is 18.2. The van der Waals surface area contributed by atoms with E-state index in [1.165, 1.54) is 4.88 Å². The maximum absolute atomic E-state index is 12.4. The molecule has 3 rings (SSSR count). The van der Waals surface area contributed by atoms with Crippen molar-refractivity contribution in [1.82, 2.24) is 4.98 Å². The zero-order chi connectivity index (χ0) is 17.1. The van der Waals surface area contributed by atoms with E-state index < -0.39 is 0 Å². The number of carbonyl (C=O) groups excluding carboxylic acids is 1. The number of anilines is 1. The average Bonchev–Trinajstić information content (AvgIpc) is 2.93. The van der Waals surface area contributed by atoms with E-state index in [1.54, 1.807) is 36.6 Å². The largest absolute Gasteiger partial charge is 0.497 e. The molecule has 0 fully saturated rings. The number of methoxy groups -OCH3 is 1. The van der Waals surface area contributed by atoms with Crippen LogP contribution < -0.4 is 10.1 Å². The first kappa shape index (κ1) is 16.2. The Kier molecular flexibility index (Phi) is 4.62. The van der Waals surface area contributed by atoms with Gasteiger partial charge >= 0.3 is 0 Å². The predicted molar refractivity (Wildman–Crippen MR) is 98.0 cm³/mol. The van der Waals surface area contributed by atoms with Crippen LogP contribution in [0.1, 0.15) is 20.2 Å². The Morgan fingerprint density at radius 1 is 1.12 bits per heavy atom. The molecule has 0 aliphatic rings. The molecule has 0 aliphatic carbocycles. The van der Waals surface area contributed by atoms with E-state index in [4.69, 9.17) is 4.74 Å². The molecule has 1 heterocycles. The predicted octanol–water partition coefficient (Wildman–Crippen LogP) is 4.69. The van der Waals surface area contributed by atoms with Crippen molar-refractivity contribution in [3.63, 3.8) is 0 Å². The smallest absolute Gasteiger partial charge is 0.255 e. The highest BCUT2D eigenvalue weighted by Gasteiger charge is 2.10. The Balaban J connectivity index is 1.84. The van der Waals surface area contributed by atoms with E-state index >= 15 is 0 Å². The quantitative estimate of drug-likeness (QED) is 0.751. The van der Waals surface area contributed by atoms with Crippen LogP contribution in [-0.2, 0) is 0 Å². The molecular formula is C19H18N2O2S. The van der Waals surface area contributed by atoms with Gasteiger partial charge < -0.3 is 10.1 Å². The van der Waals surface area contributed by atoms with E-state index in [-0.39, 0.29) is 5.91 Å². The second kappa shape index (κ2) is 6.84. The number of rotatable bonds is 4. The lowest BCUT2D eigenvalue weighted by Gasteiger charge is -2.08. The maximum Gasteiger partial charge on any atom is 0.255 e. The Bertz CT molecular complexity index is 887. The number of aromatic nitrogens is 1. The molecule has 0 saturated heterocycles. The molecule has 5 heteroatoms. The Morgan fingerprint density at radius 2 is 1.92 bits per heavy atom. The van der Waals surface area contributed by atoms with Gasteiger partial charge in [-0.1, -0.05) is 18.2 Å². The number of amides is 1. The van der Waals surface area contributed by atoms with Crippen molar-refractivity contribution in [1.29, 1.82) is 0 Å². The molecule has 122 valence electrons. The summed E-state index contributed by atoms with van der Waals surface area (Å²) in [5.41, 5.74) is 3.26. The number of nitrogens with zero attached hydrogens (tertiary/aromatic N) is 1. The minimum atomic E-state index is -0.169. The van der Waals surface area contributed by atoms with Gasteiger partial charge in [0.15, 0.2) is 0 Å². The van der Waals surface area contributed by atoms with Gasteiger partial charge in [0.2, 0.25) is 0 Å². The minimum absolute atomic E-state index is 0.169. The summed E-state index contributed by atoms with van der Waals surface area (Å²) in [5.74, 6) is 0.488. The fourth-order valence-electron chi connectivity index (χ4n) is 2.51. The number of aryl methyl sites for hydroxylation is 2. The van der Waals surface area contributed by atoms with Crippen molar-refractivity contribution in [2.75, 3.05) is 12.4 Å². The van der Waals surface area contributed by atoms with E-state index in [2.05, 4.69) is 17.2 Å². The number of carbonyl (C=O) groups is 1. The van der Waals surface area contributed by atoms with Crippen LogP contribution in [0.15, 0.2) is 48.5 Å². The first-order chi connectivity index (χ1) is 11.6. The van der Waals surface area contributed by atoms with Gasteiger partial charge in [-0.05, 0) is 44.2 Å². The topological polar surface area (TPSA) is 51.2 Å². The van der Waals surface area contributed by atoms with E-state index in [1.807, 2.05) is 37.3 Å². The normalized spacial score (nSPS) is 10.5. The molecule has 4 nitrogen and oxygen atoms in total. The molecule has 0 radical (unpaired) electrons. The zero-order valence-corrected chi connectivity index (χ0v) is 14.6. The van der Waals surface area contributed by atoms with Crippen LogP contribution in [0.25, 0.3) is 11.3 Å². The molecule has 0 unspecified atom stereocenters. The molecule has 0 saturated carbocycles. The second-order valence-corrected chi connectivity index (χ2v) is 6.81. The number of thiazole rings is 1. The zero-order valence-electron chi connectivity index (χ0n) is 13.8. The van der Waals surface area contributed by atoms with Gasteiger partial charge in [0.05, 0.1) is 17.8 Å². The lowest BCUT2D eigenvalue weighted by atomic mass is 10.1. The van der Waals surface area contributed by atoms with Crippen LogP contribution in [0.5, 0.6) is 5.75 Å². The van der Waals surface area contributed by atoms with Gasteiger partial charge in [0, 0.05) is 21.7 Å². The van der Waals surface area contributed by atoms with Crippen LogP contribution in [0.3, 0.4) is 0 Å². The number of benzene rings is 2. The average molecular weight is 338 g/mol. The first-order valence-corrected chi connectivity index (χ1v) is 8.38. The van der Waals surface area contributed by atoms with Gasteiger partial charge in [-0.2, -0.15) is 0 Å². The summed E-state index contributed by atoms with van der Waals surface area (Å²) >= 11 is 1.67. The second-order valence-electron chi connectivity index (χ2n) is 5.40. The summed E-state index contributed by atoms with van der Waals surface area (Å²) in [6.45, 7) is 4.05. The molecule has 1 amide bonds. The van der Waals surface area contributed by atoms with Crippen LogP contribution in [0.4, 0.5) is 5.69 Å². The molecule has 0 spiro atoms. The highest BCUT2D eigenvalue weighted by molar-refractivity contribution is 7.11. The highest BCUT2D eigenvalue weighted by Crippen LogP contribution is 2.29. The third kappa shape index (κ3) is 3.46. The van der Waals surface area contributed by atoms with E-state index in [0.717, 1.165) is 22.0 Å². The first-order valence-electron chi connectivity index (χ1n) is 7.56. The van der Waals surface area contributed by atoms with Crippen LogP contribution in [0, 0.1) is 13.8 Å². The molecule has 2 aromatic carbocycles. The molecule has 24 heavy (non-hydrogen) atoms. The van der Waals surface area contributed by atoms with Crippen molar-refractivity contribution in [3.05, 3.63) is 64.0 Å². The maximum atomic E-state index is 12.4. The third-order valence-corrected chi connectivity index (χ3v) is 4.52. The van der Waals surface area contributed by atoms with E-state index in [9.17, 15) is 4.79 Å². The van der Waals surface area contributed by atoms with Gasteiger partial charge in [0.25, 0.3) is 5.91 Å². The third-order valence-electron chi connectivity index (χ3n) is 3.63. The van der Waals surface area contributed by atoms with Gasteiger partial charge in [-0.3, -0.25) is 4.79 Å². The summed E-state index contributed by atoms with van der Waals surface area (Å²) in [7, 11) is 1.58. The number of hydrogen-bond acceptors (Lipinski definition) is 4. The summed E-state index contributed by atoms with van der Waals surface area (Å²) in [5, 5.41) is 3.96. The Hall–Kier alpha value is -2.66. The Labute approximate surface area is 145 Å². The molecule has 1 aromatic heterocycles. The van der Waals surface area contributed by atoms with Crippen LogP contribution in [0.2, 0.25) is 0 Å². The molecule has 0 aliphatic heterocycles. The summed E-state index contributed by atoms with van der Waals surface area (Å²) in [6, 6.07) is 14.8. The van der Waals surface area contributed by atoms with Crippen molar-refractivity contribution >= 4 is 22.9 Å². The molecule has 0 atom stereocenters. The standard InChI is InChI=1S/C19H18N2O2S/c1-12-18(20-13(2)24-12)14-6-4-8-16(10-14)21-19(22)15-7-5-9-17(11-15)23-3/h4-11H,1-3H3,(H,21,22). The number of ether oxygens (including phenoxy) is 1. The van der Waals surface area contributed by atoms with Crippen LogP contribution >= 0.6 is 11.3 Å². The molecule has 0 bridgehead atoms. The summed E-state index contributed by atoms with van der Waals surface area (Å²) in [6.07, 6.45) is 0. The molecule has 1 N–H and O–H groups in total. The van der Waals surface area contributed by atoms with Crippen molar-refractivity contribution in [2.45, 2.75) is 13.8 Å². The SMILES string of the molecule is COc1cccc(C(=O)Nc2cccc(-c3nc(C)sc3C)c2)c1. The summed E-state index contributed by atoms with van der Waals surface area (Å²) < 4.78 is 5.16. The number of nitrogens with one attached hydrogen (secondary N) is 1. The van der Waals surface area contributed by atoms with Crippen molar-refractivity contribution < 1.29 is 9.53 Å². The van der Waals surface area contributed by atoms with Gasteiger partial charge in [-0.15, -0.1) is 11.3 Å². The van der Waals surface area contributed by atoms with Crippen molar-refractivity contribution in [2.24, 2.45) is 0 Å². The minimum Gasteiger partial charge on any atom is -0.497 e. The molecule has 3 aromatic rings. The van der Waals surface area contributed by atoms with Gasteiger partial charge in [0.1, 0.15) is 5.75 Å². The fraction of sp³-hybridized carbons (Fsp3) is 0.158. The molecular weight excluding hydrogens is 320 g/mol. The lowest BCUT2D eigenvalue weighted by Crippen LogP contribution is -2.11. The Morgan fingerprint density at radius 3 is 2.62 bits per heavy atom. The fourth-order valence-corrected chi connectivity index (χ4v) is 3.35. The van der Waals surface area contributed by atoms with Crippen molar-refractivity contribution in [3.8, 4) is 17.0 Å². The lowest BCUT2D eigenvalue weighted by molar-refractivity contribution is 0.102. The van der Waals surface area contributed by atoms with E-state index in [0.29, 0.717) is 11.3 Å². The van der Waals surface area contributed by atoms with Crippen LogP contribution in [-0.4, -0.2) is 18.0 Å². The number of hydrogen-bond donors (Lipinski definition) is 1.